The molecule has 35 heavy (non-hydrogen) atoms. The van der Waals surface area contributed by atoms with E-state index >= 15 is 0 Å². The number of hydrogen-bond donors (Lipinski definition) is 2. The highest BCUT2D eigenvalue weighted by Gasteiger charge is 2.60. The monoisotopic (exact) mass is 481 g/mol. The second-order valence-electron chi connectivity index (χ2n) is 13.6. The van der Waals surface area contributed by atoms with Crippen LogP contribution in [0.4, 0.5) is 0 Å². The molecule has 5 rings (SSSR count). The van der Waals surface area contributed by atoms with Crippen LogP contribution in [-0.4, -0.2) is 31.2 Å². The molecule has 0 saturated heterocycles. The van der Waals surface area contributed by atoms with Gasteiger partial charge in [-0.15, -0.1) is 0 Å². The molecule has 0 amide bonds. The van der Waals surface area contributed by atoms with Gasteiger partial charge in [-0.3, -0.25) is 4.68 Å². The molecule has 0 radical (unpaired) electrons. The SMILES string of the molecule is CCC[C@@]1(O)CC[C@H]2[C@H](CC[C@@H]3[C@@H]2CC[C@@]2(C)[C@H]3[C@H](C)CC[C@@H]2[C@@](C)(O)Cn2cc(C#N)cn2)C1. The summed E-state index contributed by atoms with van der Waals surface area (Å²) in [6.07, 6.45) is 16.0. The summed E-state index contributed by atoms with van der Waals surface area (Å²) in [7, 11) is 0. The Morgan fingerprint density at radius 1 is 1.14 bits per heavy atom. The van der Waals surface area contributed by atoms with Crippen LogP contribution in [-0.2, 0) is 6.54 Å². The summed E-state index contributed by atoms with van der Waals surface area (Å²) in [5.74, 6) is 4.66. The van der Waals surface area contributed by atoms with E-state index in [-0.39, 0.29) is 11.3 Å². The van der Waals surface area contributed by atoms with Crippen LogP contribution in [0.25, 0.3) is 0 Å². The number of aliphatic hydroxyl groups is 2. The number of rotatable bonds is 5. The molecule has 4 saturated carbocycles. The van der Waals surface area contributed by atoms with E-state index in [1.165, 1.54) is 38.5 Å². The largest absolute Gasteiger partial charge is 0.390 e. The van der Waals surface area contributed by atoms with Gasteiger partial charge in [0.05, 0.1) is 29.5 Å². The predicted molar refractivity (Wildman–Crippen MR) is 137 cm³/mol. The molecule has 1 aromatic rings. The van der Waals surface area contributed by atoms with Gasteiger partial charge in [0, 0.05) is 6.20 Å². The van der Waals surface area contributed by atoms with Crippen molar-refractivity contribution in [3.05, 3.63) is 18.0 Å². The van der Waals surface area contributed by atoms with Crippen molar-refractivity contribution in [1.82, 2.24) is 9.78 Å². The van der Waals surface area contributed by atoms with E-state index in [2.05, 4.69) is 31.9 Å². The van der Waals surface area contributed by atoms with E-state index < -0.39 is 11.2 Å². The molecule has 1 heterocycles. The van der Waals surface area contributed by atoms with Gasteiger partial charge in [0.2, 0.25) is 0 Å². The Bertz CT molecular complexity index is 950. The first-order chi connectivity index (χ1) is 16.6. The van der Waals surface area contributed by atoms with Gasteiger partial charge < -0.3 is 10.2 Å². The Balaban J connectivity index is 1.36. The molecular weight excluding hydrogens is 434 g/mol. The standard InChI is InChI=1S/C30H47N3O2/c1-5-12-30(35)14-11-23-22(15-30)7-8-25-24(23)10-13-28(3)26(9-6-20(2)27(25)28)29(4,34)19-33-18-21(16-31)17-32-33/h17-18,20,22-27,34-35H,5-15,19H2,1-4H3/t20-,22-,23+,24-,25-,26+,27+,28-,29+,30-/m1/s1. The number of fused-ring (bicyclic) bond motifs is 5. The normalized spacial score (nSPS) is 44.9. The van der Waals surface area contributed by atoms with Crippen LogP contribution in [0, 0.1) is 58.2 Å². The minimum absolute atomic E-state index is 0.137. The second kappa shape index (κ2) is 9.18. The lowest BCUT2D eigenvalue weighted by Crippen LogP contribution is -2.60. The van der Waals surface area contributed by atoms with Gasteiger partial charge in [-0.05, 0) is 112 Å². The molecule has 0 spiro atoms. The molecule has 0 unspecified atom stereocenters. The summed E-state index contributed by atoms with van der Waals surface area (Å²) in [6.45, 7) is 9.65. The van der Waals surface area contributed by atoms with Crippen molar-refractivity contribution in [3.8, 4) is 6.07 Å². The molecule has 0 aromatic carbocycles. The highest BCUT2D eigenvalue weighted by Crippen LogP contribution is 2.66. The van der Waals surface area contributed by atoms with Crippen LogP contribution in [0.2, 0.25) is 0 Å². The molecule has 0 aliphatic heterocycles. The number of nitrogens with zero attached hydrogens (tertiary/aromatic N) is 3. The van der Waals surface area contributed by atoms with Crippen molar-refractivity contribution in [1.29, 1.82) is 5.26 Å². The number of hydrogen-bond acceptors (Lipinski definition) is 4. The van der Waals surface area contributed by atoms with E-state index in [0.29, 0.717) is 29.9 Å². The summed E-state index contributed by atoms with van der Waals surface area (Å²) < 4.78 is 1.77. The third-order valence-corrected chi connectivity index (χ3v) is 11.4. The molecule has 5 heteroatoms. The van der Waals surface area contributed by atoms with Crippen molar-refractivity contribution >= 4 is 0 Å². The Hall–Kier alpha value is -1.38. The maximum absolute atomic E-state index is 11.9. The second-order valence-corrected chi connectivity index (χ2v) is 13.6. The molecule has 10 atom stereocenters. The van der Waals surface area contributed by atoms with Gasteiger partial charge >= 0.3 is 0 Å². The third-order valence-electron chi connectivity index (χ3n) is 11.4. The number of nitriles is 1. The van der Waals surface area contributed by atoms with Crippen LogP contribution in [0.5, 0.6) is 0 Å². The van der Waals surface area contributed by atoms with Gasteiger partial charge in [-0.2, -0.15) is 10.4 Å². The zero-order chi connectivity index (χ0) is 25.0. The topological polar surface area (TPSA) is 82.1 Å². The zero-order valence-electron chi connectivity index (χ0n) is 22.4. The summed E-state index contributed by atoms with van der Waals surface area (Å²) in [5, 5.41) is 36.6. The van der Waals surface area contributed by atoms with E-state index in [4.69, 9.17) is 0 Å². The van der Waals surface area contributed by atoms with Crippen molar-refractivity contribution in [2.75, 3.05) is 0 Å². The predicted octanol–water partition coefficient (Wildman–Crippen LogP) is 5.94. The summed E-state index contributed by atoms with van der Waals surface area (Å²) in [4.78, 5) is 0. The minimum Gasteiger partial charge on any atom is -0.390 e. The first-order valence-corrected chi connectivity index (χ1v) is 14.5. The average Bonchev–Trinajstić information content (AvgIpc) is 3.24. The maximum atomic E-state index is 11.9. The molecule has 4 aliphatic carbocycles. The first-order valence-electron chi connectivity index (χ1n) is 14.5. The average molecular weight is 482 g/mol. The Kier molecular flexibility index (Phi) is 6.63. The van der Waals surface area contributed by atoms with Crippen molar-refractivity contribution in [3.63, 3.8) is 0 Å². The summed E-state index contributed by atoms with van der Waals surface area (Å²) >= 11 is 0. The molecular formula is C30H47N3O2. The molecule has 194 valence electrons. The van der Waals surface area contributed by atoms with Crippen molar-refractivity contribution < 1.29 is 10.2 Å². The van der Waals surface area contributed by atoms with Crippen molar-refractivity contribution in [2.24, 2.45) is 46.8 Å². The first kappa shape index (κ1) is 25.3. The van der Waals surface area contributed by atoms with E-state index in [0.717, 1.165) is 49.9 Å². The highest BCUT2D eigenvalue weighted by atomic mass is 16.3. The smallest absolute Gasteiger partial charge is 0.102 e. The van der Waals surface area contributed by atoms with Crippen molar-refractivity contribution in [2.45, 2.75) is 116 Å². The van der Waals surface area contributed by atoms with Gasteiger partial charge in [-0.25, -0.2) is 0 Å². The number of aromatic nitrogens is 2. The Labute approximate surface area is 212 Å². The summed E-state index contributed by atoms with van der Waals surface area (Å²) in [5.41, 5.74) is -0.570. The Morgan fingerprint density at radius 2 is 1.91 bits per heavy atom. The fraction of sp³-hybridized carbons (Fsp3) is 0.867. The highest BCUT2D eigenvalue weighted by molar-refractivity contribution is 5.21. The van der Waals surface area contributed by atoms with E-state index in [1.54, 1.807) is 17.1 Å². The lowest BCUT2D eigenvalue weighted by molar-refractivity contribution is -0.185. The van der Waals surface area contributed by atoms with Crippen LogP contribution >= 0.6 is 0 Å². The molecule has 4 fully saturated rings. The lowest BCUT2D eigenvalue weighted by Gasteiger charge is -2.64. The minimum atomic E-state index is -0.850. The fourth-order valence-electron chi connectivity index (χ4n) is 10.3. The van der Waals surface area contributed by atoms with E-state index in [9.17, 15) is 15.5 Å². The van der Waals surface area contributed by atoms with Crippen LogP contribution in [0.3, 0.4) is 0 Å². The van der Waals surface area contributed by atoms with Gasteiger partial charge in [0.15, 0.2) is 0 Å². The van der Waals surface area contributed by atoms with Crippen LogP contribution in [0.1, 0.15) is 104 Å². The fourth-order valence-corrected chi connectivity index (χ4v) is 10.3. The summed E-state index contributed by atoms with van der Waals surface area (Å²) in [6, 6.07) is 2.16. The molecule has 5 nitrogen and oxygen atoms in total. The zero-order valence-corrected chi connectivity index (χ0v) is 22.4. The van der Waals surface area contributed by atoms with Crippen LogP contribution < -0.4 is 0 Å². The van der Waals surface area contributed by atoms with Gasteiger partial charge in [-0.1, -0.05) is 33.6 Å². The Morgan fingerprint density at radius 3 is 2.63 bits per heavy atom. The third kappa shape index (κ3) is 4.37. The molecule has 2 N–H and O–H groups in total. The molecule has 1 aromatic heterocycles. The maximum Gasteiger partial charge on any atom is 0.102 e. The van der Waals surface area contributed by atoms with Crippen LogP contribution in [0.15, 0.2) is 12.4 Å². The van der Waals surface area contributed by atoms with Gasteiger partial charge in [0.1, 0.15) is 6.07 Å². The molecule has 0 bridgehead atoms. The van der Waals surface area contributed by atoms with Gasteiger partial charge in [0.25, 0.3) is 0 Å². The quantitative estimate of drug-likeness (QED) is 0.545. The van der Waals surface area contributed by atoms with E-state index in [1.807, 2.05) is 6.92 Å². The lowest BCUT2D eigenvalue weighted by atomic mass is 9.41. The molecule has 4 aliphatic rings.